The molecule has 130 valence electrons. The van der Waals surface area contributed by atoms with Gasteiger partial charge in [-0.2, -0.15) is 0 Å². The lowest BCUT2D eigenvalue weighted by Gasteiger charge is -2.28. The summed E-state index contributed by atoms with van der Waals surface area (Å²) in [6, 6.07) is 12.9. The topological polar surface area (TPSA) is 113 Å². The van der Waals surface area contributed by atoms with E-state index < -0.39 is 15.9 Å². The number of likely N-dealkylation sites (N-methyl/N-ethyl adjacent to an activating group) is 1. The number of carbonyl (C=O) groups is 1. The summed E-state index contributed by atoms with van der Waals surface area (Å²) in [5.41, 5.74) is 6.61. The molecule has 25 heavy (non-hydrogen) atoms. The first-order chi connectivity index (χ1) is 11.9. The molecular weight excluding hydrogens is 342 g/mol. The van der Waals surface area contributed by atoms with E-state index in [1.54, 1.807) is 36.4 Å². The number of hydrogen-bond acceptors (Lipinski definition) is 5. The van der Waals surface area contributed by atoms with Gasteiger partial charge in [-0.25, -0.2) is 8.42 Å². The standard InChI is InChI=1S/C17H17N3O4S/c1-20-15(17(22)19-12-6-4-5-11(9-12)10-18)16(21)13-7-2-3-8-14(13)25(20,23)24/h2-9,21H,10,18H2,1H3,(H,19,22). The number of carbonyl (C=O) groups excluding carboxylic acids is 1. The summed E-state index contributed by atoms with van der Waals surface area (Å²) in [4.78, 5) is 12.6. The molecule has 0 radical (unpaired) electrons. The third kappa shape index (κ3) is 2.86. The zero-order chi connectivity index (χ0) is 18.2. The van der Waals surface area contributed by atoms with Crippen LogP contribution in [-0.2, 0) is 21.4 Å². The maximum atomic E-state index is 12.6. The van der Waals surface area contributed by atoms with Gasteiger partial charge in [0.2, 0.25) is 0 Å². The Hall–Kier alpha value is -2.84. The number of anilines is 1. The zero-order valence-corrected chi connectivity index (χ0v) is 14.2. The molecule has 0 aromatic heterocycles. The second-order valence-electron chi connectivity index (χ2n) is 5.52. The second kappa shape index (κ2) is 6.23. The van der Waals surface area contributed by atoms with Crippen molar-refractivity contribution in [3.05, 3.63) is 65.4 Å². The Kier molecular flexibility index (Phi) is 4.23. The van der Waals surface area contributed by atoms with Gasteiger partial charge >= 0.3 is 0 Å². The Morgan fingerprint density at radius 2 is 1.92 bits per heavy atom. The molecule has 0 atom stereocenters. The van der Waals surface area contributed by atoms with E-state index in [1.165, 1.54) is 19.2 Å². The summed E-state index contributed by atoms with van der Waals surface area (Å²) in [6.07, 6.45) is 0. The first kappa shape index (κ1) is 17.0. The lowest BCUT2D eigenvalue weighted by Crippen LogP contribution is -2.37. The van der Waals surface area contributed by atoms with Crippen LogP contribution in [0.25, 0.3) is 5.76 Å². The number of aliphatic hydroxyl groups is 1. The molecule has 1 aliphatic rings. The van der Waals surface area contributed by atoms with Gasteiger partial charge in [0, 0.05) is 24.8 Å². The number of nitrogens with two attached hydrogens (primary N) is 1. The quantitative estimate of drug-likeness (QED) is 0.771. The fourth-order valence-corrected chi connectivity index (χ4v) is 4.05. The molecule has 7 nitrogen and oxygen atoms in total. The van der Waals surface area contributed by atoms with E-state index >= 15 is 0 Å². The molecule has 1 aliphatic heterocycles. The average molecular weight is 359 g/mol. The van der Waals surface area contributed by atoms with E-state index in [2.05, 4.69) is 5.32 Å². The molecule has 1 amide bonds. The first-order valence-electron chi connectivity index (χ1n) is 7.48. The summed E-state index contributed by atoms with van der Waals surface area (Å²) < 4.78 is 26.0. The Morgan fingerprint density at radius 1 is 1.20 bits per heavy atom. The Labute approximate surface area is 145 Å². The largest absolute Gasteiger partial charge is 0.505 e. The minimum absolute atomic E-state index is 0.0447. The van der Waals surface area contributed by atoms with Crippen LogP contribution in [0, 0.1) is 0 Å². The van der Waals surface area contributed by atoms with Crippen molar-refractivity contribution in [2.45, 2.75) is 11.4 Å². The molecule has 0 aliphatic carbocycles. The normalized spacial score (nSPS) is 15.7. The number of benzene rings is 2. The molecule has 0 saturated heterocycles. The lowest BCUT2D eigenvalue weighted by atomic mass is 10.1. The molecule has 3 rings (SSSR count). The van der Waals surface area contributed by atoms with Crippen molar-refractivity contribution in [3.8, 4) is 0 Å². The molecule has 0 bridgehead atoms. The number of fused-ring (bicyclic) bond motifs is 1. The zero-order valence-electron chi connectivity index (χ0n) is 13.4. The van der Waals surface area contributed by atoms with Crippen molar-refractivity contribution in [1.29, 1.82) is 0 Å². The second-order valence-corrected chi connectivity index (χ2v) is 7.46. The van der Waals surface area contributed by atoms with Crippen molar-refractivity contribution in [1.82, 2.24) is 4.31 Å². The highest BCUT2D eigenvalue weighted by atomic mass is 32.2. The number of sulfonamides is 1. The van der Waals surface area contributed by atoms with E-state index in [0.717, 1.165) is 9.87 Å². The van der Waals surface area contributed by atoms with Crippen LogP contribution in [0.3, 0.4) is 0 Å². The van der Waals surface area contributed by atoms with Crippen LogP contribution >= 0.6 is 0 Å². The van der Waals surface area contributed by atoms with Gasteiger partial charge in [-0.3, -0.25) is 9.10 Å². The molecule has 0 saturated carbocycles. The van der Waals surface area contributed by atoms with E-state index in [4.69, 9.17) is 5.73 Å². The third-order valence-corrected chi connectivity index (χ3v) is 5.77. The molecule has 4 N–H and O–H groups in total. The van der Waals surface area contributed by atoms with E-state index in [9.17, 15) is 18.3 Å². The summed E-state index contributed by atoms with van der Waals surface area (Å²) in [7, 11) is -2.69. The number of hydrogen-bond donors (Lipinski definition) is 3. The minimum Gasteiger partial charge on any atom is -0.505 e. The smallest absolute Gasteiger partial charge is 0.276 e. The highest BCUT2D eigenvalue weighted by molar-refractivity contribution is 7.89. The Bertz CT molecular complexity index is 983. The van der Waals surface area contributed by atoms with Crippen LogP contribution in [0.5, 0.6) is 0 Å². The molecule has 0 fully saturated rings. The third-order valence-electron chi connectivity index (χ3n) is 3.96. The van der Waals surface area contributed by atoms with Crippen LogP contribution in [0.2, 0.25) is 0 Å². The average Bonchev–Trinajstić information content (AvgIpc) is 2.60. The van der Waals surface area contributed by atoms with E-state index in [1.807, 2.05) is 0 Å². The molecular formula is C17H17N3O4S. The number of rotatable bonds is 3. The number of nitrogens with zero attached hydrogens (tertiary/aromatic N) is 1. The van der Waals surface area contributed by atoms with Gasteiger partial charge in [0.15, 0.2) is 11.5 Å². The number of amides is 1. The SMILES string of the molecule is CN1C(C(=O)Nc2cccc(CN)c2)=C(O)c2ccccc2S1(=O)=O. The summed E-state index contributed by atoms with van der Waals surface area (Å²) in [5, 5.41) is 13.1. The molecule has 0 unspecified atom stereocenters. The van der Waals surface area contributed by atoms with Gasteiger partial charge < -0.3 is 16.2 Å². The van der Waals surface area contributed by atoms with Crippen LogP contribution in [0.1, 0.15) is 11.1 Å². The van der Waals surface area contributed by atoms with Gasteiger partial charge in [-0.1, -0.05) is 24.3 Å². The molecule has 8 heteroatoms. The molecule has 0 spiro atoms. The van der Waals surface area contributed by atoms with Crippen molar-refractivity contribution in [2.75, 3.05) is 12.4 Å². The predicted octanol–water partition coefficient (Wildman–Crippen LogP) is 1.64. The highest BCUT2D eigenvalue weighted by Crippen LogP contribution is 2.34. The monoisotopic (exact) mass is 359 g/mol. The van der Waals surface area contributed by atoms with Crippen molar-refractivity contribution < 1.29 is 18.3 Å². The fraction of sp³-hybridized carbons (Fsp3) is 0.118. The van der Waals surface area contributed by atoms with Crippen LogP contribution < -0.4 is 11.1 Å². The Balaban J connectivity index is 2.04. The van der Waals surface area contributed by atoms with Gasteiger partial charge in [0.25, 0.3) is 15.9 Å². The minimum atomic E-state index is -3.92. The maximum absolute atomic E-state index is 12.6. The summed E-state index contributed by atoms with van der Waals surface area (Å²) >= 11 is 0. The lowest BCUT2D eigenvalue weighted by molar-refractivity contribution is -0.113. The highest BCUT2D eigenvalue weighted by Gasteiger charge is 2.37. The summed E-state index contributed by atoms with van der Waals surface area (Å²) in [6.45, 7) is 0.305. The van der Waals surface area contributed by atoms with Gasteiger partial charge in [-0.05, 0) is 29.8 Å². The first-order valence-corrected chi connectivity index (χ1v) is 8.92. The predicted molar refractivity (Wildman–Crippen MR) is 93.9 cm³/mol. The molecule has 2 aromatic rings. The van der Waals surface area contributed by atoms with Crippen LogP contribution in [0.4, 0.5) is 5.69 Å². The molecule has 2 aromatic carbocycles. The number of aliphatic hydroxyl groups excluding tert-OH is 1. The van der Waals surface area contributed by atoms with Crippen molar-refractivity contribution in [2.24, 2.45) is 5.73 Å². The van der Waals surface area contributed by atoms with E-state index in [0.29, 0.717) is 12.2 Å². The summed E-state index contributed by atoms with van der Waals surface area (Å²) in [5.74, 6) is -1.12. The van der Waals surface area contributed by atoms with Crippen LogP contribution in [-0.4, -0.2) is 30.8 Å². The van der Waals surface area contributed by atoms with E-state index in [-0.39, 0.29) is 21.9 Å². The van der Waals surface area contributed by atoms with Gasteiger partial charge in [0.05, 0.1) is 4.90 Å². The van der Waals surface area contributed by atoms with Crippen molar-refractivity contribution in [3.63, 3.8) is 0 Å². The van der Waals surface area contributed by atoms with Crippen LogP contribution in [0.15, 0.2) is 59.1 Å². The fourth-order valence-electron chi connectivity index (χ4n) is 2.65. The Morgan fingerprint density at radius 3 is 2.64 bits per heavy atom. The maximum Gasteiger partial charge on any atom is 0.276 e. The van der Waals surface area contributed by atoms with Crippen molar-refractivity contribution >= 4 is 27.4 Å². The number of nitrogens with one attached hydrogen (secondary N) is 1. The van der Waals surface area contributed by atoms with Gasteiger partial charge in [0.1, 0.15) is 0 Å². The molecule has 1 heterocycles. The van der Waals surface area contributed by atoms with Gasteiger partial charge in [-0.15, -0.1) is 0 Å².